The van der Waals surface area contributed by atoms with Crippen LogP contribution in [0, 0.1) is 0 Å². The highest BCUT2D eigenvalue weighted by molar-refractivity contribution is 6.19. The third kappa shape index (κ3) is 7.86. The lowest BCUT2D eigenvalue weighted by atomic mass is 10.0. The van der Waals surface area contributed by atoms with Gasteiger partial charge in [0.05, 0.1) is 13.2 Å². The smallest absolute Gasteiger partial charge is 0.328 e. The number of methoxy groups -OCH3 is 1. The van der Waals surface area contributed by atoms with Crippen LogP contribution < -0.4 is 10.2 Å². The molecule has 0 radical (unpaired) electrons. The molecule has 0 spiro atoms. The molecule has 0 saturated carbocycles. The van der Waals surface area contributed by atoms with Gasteiger partial charge in [-0.25, -0.2) is 4.79 Å². The summed E-state index contributed by atoms with van der Waals surface area (Å²) in [6, 6.07) is 6.56. The molecule has 1 heterocycles. The van der Waals surface area contributed by atoms with Gasteiger partial charge in [0.15, 0.2) is 5.56 Å². The van der Waals surface area contributed by atoms with Gasteiger partial charge in [0, 0.05) is 37.7 Å². The number of hydrogen-bond donors (Lipinski definition) is 2. The lowest BCUT2D eigenvalue weighted by molar-refractivity contribution is -0.131. The zero-order chi connectivity index (χ0) is 23.5. The molecule has 0 bridgehead atoms. The third-order valence-corrected chi connectivity index (χ3v) is 5.94. The monoisotopic (exact) mass is 472 g/mol. The number of alkyl halides is 1. The molecular formula is C26H33ClN2O4. The Bertz CT molecular complexity index is 923. The second-order valence-corrected chi connectivity index (χ2v) is 8.53. The van der Waals surface area contributed by atoms with Gasteiger partial charge < -0.3 is 24.8 Å². The van der Waals surface area contributed by atoms with E-state index in [1.165, 1.54) is 28.6 Å². The Morgan fingerprint density at radius 2 is 2.21 bits per heavy atom. The lowest BCUT2D eigenvalue weighted by Crippen LogP contribution is -2.26. The molecule has 1 aliphatic heterocycles. The Hall–Kier alpha value is -2.38. The minimum atomic E-state index is -0.916. The first-order valence-electron chi connectivity index (χ1n) is 11.4. The van der Waals surface area contributed by atoms with Gasteiger partial charge in [0.2, 0.25) is 0 Å². The summed E-state index contributed by atoms with van der Waals surface area (Å²) in [7, 11) is 1.57. The number of halogens is 1. The Kier molecular flexibility index (Phi) is 10.2. The Morgan fingerprint density at radius 3 is 3.03 bits per heavy atom. The Balaban J connectivity index is 1.65. The molecule has 7 heteroatoms. The van der Waals surface area contributed by atoms with Gasteiger partial charge in [-0.05, 0) is 61.1 Å². The van der Waals surface area contributed by atoms with Crippen LogP contribution in [0.25, 0.3) is 0 Å². The standard InChI is InChI=1S/C26H33ClN2O4/c1-32-25(27)19-33-18-20-10-11-22-13-12-21-7-2-3-8-23(21)29(24(22)17-20)16-5-4-14-28-15-6-9-26(30)31/h2-3,6,8-12,17,25,28H,4-5,7,13-16,18-19H2,1H3,(H,30,31)/b9-6+. The molecule has 1 atom stereocenters. The SMILES string of the molecule is COC(Cl)COCc1ccc2c(c1)N(CCCCNC/C=C/C(=O)O)C1=CC=CCC1=CC2. The van der Waals surface area contributed by atoms with Crippen molar-refractivity contribution in [2.75, 3.05) is 38.3 Å². The fourth-order valence-electron chi connectivity index (χ4n) is 3.95. The number of anilines is 1. The van der Waals surface area contributed by atoms with E-state index >= 15 is 0 Å². The average molecular weight is 473 g/mol. The zero-order valence-electron chi connectivity index (χ0n) is 19.1. The molecule has 0 fully saturated rings. The van der Waals surface area contributed by atoms with E-state index in [0.29, 0.717) is 19.8 Å². The number of nitrogens with zero attached hydrogens (tertiary/aromatic N) is 1. The third-order valence-electron chi connectivity index (χ3n) is 5.64. The summed E-state index contributed by atoms with van der Waals surface area (Å²) < 4.78 is 10.8. The van der Waals surface area contributed by atoms with E-state index < -0.39 is 11.5 Å². The van der Waals surface area contributed by atoms with Gasteiger partial charge in [-0.1, -0.05) is 48.0 Å². The van der Waals surface area contributed by atoms with E-state index in [-0.39, 0.29) is 0 Å². The van der Waals surface area contributed by atoms with Crippen molar-refractivity contribution in [1.29, 1.82) is 0 Å². The van der Waals surface area contributed by atoms with Crippen molar-refractivity contribution < 1.29 is 19.4 Å². The number of unbranched alkanes of at least 4 members (excludes halogenated alkanes) is 1. The summed E-state index contributed by atoms with van der Waals surface area (Å²) in [6.07, 6.45) is 15.6. The number of allylic oxidation sites excluding steroid dienone is 5. The molecule has 2 aliphatic rings. The fourth-order valence-corrected chi connectivity index (χ4v) is 4.04. The quantitative estimate of drug-likeness (QED) is 0.249. The number of nitrogens with one attached hydrogen (secondary N) is 1. The van der Waals surface area contributed by atoms with Gasteiger partial charge in [-0.2, -0.15) is 0 Å². The molecule has 3 rings (SSSR count). The highest BCUT2D eigenvalue weighted by Crippen LogP contribution is 2.35. The summed E-state index contributed by atoms with van der Waals surface area (Å²) in [6.45, 7) is 3.15. The van der Waals surface area contributed by atoms with Crippen LogP contribution in [-0.2, 0) is 27.3 Å². The first-order chi connectivity index (χ1) is 16.1. The van der Waals surface area contributed by atoms with Crippen LogP contribution in [0.5, 0.6) is 0 Å². The van der Waals surface area contributed by atoms with Crippen molar-refractivity contribution in [3.8, 4) is 0 Å². The fraction of sp³-hybridized carbons (Fsp3) is 0.423. The number of aliphatic carboxylic acids is 1. The molecule has 1 aromatic carbocycles. The first kappa shape index (κ1) is 25.2. The van der Waals surface area contributed by atoms with Crippen LogP contribution in [0.15, 0.2) is 65.9 Å². The van der Waals surface area contributed by atoms with E-state index in [1.54, 1.807) is 13.2 Å². The average Bonchev–Trinajstić information content (AvgIpc) is 2.97. The second kappa shape index (κ2) is 13.4. The van der Waals surface area contributed by atoms with Crippen LogP contribution in [0.1, 0.15) is 30.4 Å². The molecule has 1 aliphatic carbocycles. The maximum atomic E-state index is 10.5. The van der Waals surface area contributed by atoms with Crippen LogP contribution in [0.3, 0.4) is 0 Å². The first-order valence-corrected chi connectivity index (χ1v) is 11.8. The van der Waals surface area contributed by atoms with E-state index in [4.69, 9.17) is 26.2 Å². The molecule has 1 unspecified atom stereocenters. The highest BCUT2D eigenvalue weighted by atomic mass is 35.5. The Labute approximate surface area is 201 Å². The molecule has 6 nitrogen and oxygen atoms in total. The van der Waals surface area contributed by atoms with Gasteiger partial charge in [-0.15, -0.1) is 0 Å². The number of carbonyl (C=O) groups is 1. The maximum absolute atomic E-state index is 10.5. The second-order valence-electron chi connectivity index (χ2n) is 8.05. The van der Waals surface area contributed by atoms with Crippen molar-refractivity contribution >= 4 is 23.3 Å². The molecule has 0 amide bonds. The number of carboxylic acid groups (broad SMARTS) is 1. The topological polar surface area (TPSA) is 71.0 Å². The summed E-state index contributed by atoms with van der Waals surface area (Å²) >= 11 is 5.98. The summed E-state index contributed by atoms with van der Waals surface area (Å²) in [5.74, 6) is -0.916. The molecule has 1 aromatic rings. The van der Waals surface area contributed by atoms with Crippen molar-refractivity contribution in [2.24, 2.45) is 0 Å². The molecule has 0 aromatic heterocycles. The van der Waals surface area contributed by atoms with Crippen molar-refractivity contribution in [1.82, 2.24) is 5.32 Å². The number of hydrogen-bond acceptors (Lipinski definition) is 5. The van der Waals surface area contributed by atoms with Crippen molar-refractivity contribution in [3.05, 3.63) is 77.1 Å². The van der Waals surface area contributed by atoms with Gasteiger partial charge in [-0.3, -0.25) is 0 Å². The van der Waals surface area contributed by atoms with Crippen molar-refractivity contribution in [2.45, 2.75) is 37.9 Å². The van der Waals surface area contributed by atoms with Crippen LogP contribution in [-0.4, -0.2) is 50.0 Å². The van der Waals surface area contributed by atoms with E-state index in [9.17, 15) is 4.79 Å². The highest BCUT2D eigenvalue weighted by Gasteiger charge is 2.22. The minimum Gasteiger partial charge on any atom is -0.478 e. The summed E-state index contributed by atoms with van der Waals surface area (Å²) in [4.78, 5) is 13.0. The van der Waals surface area contributed by atoms with E-state index in [1.807, 2.05) is 0 Å². The van der Waals surface area contributed by atoms with E-state index in [2.05, 4.69) is 52.7 Å². The largest absolute Gasteiger partial charge is 0.478 e. The normalized spacial score (nSPS) is 16.1. The number of benzene rings is 1. The van der Waals surface area contributed by atoms with E-state index in [0.717, 1.165) is 44.3 Å². The molecular weight excluding hydrogens is 440 g/mol. The van der Waals surface area contributed by atoms with Gasteiger partial charge >= 0.3 is 5.97 Å². The number of fused-ring (bicyclic) bond motifs is 2. The molecule has 2 N–H and O–H groups in total. The van der Waals surface area contributed by atoms with Crippen LogP contribution in [0.2, 0.25) is 0 Å². The van der Waals surface area contributed by atoms with Crippen LogP contribution in [0.4, 0.5) is 5.69 Å². The van der Waals surface area contributed by atoms with Gasteiger partial charge in [0.25, 0.3) is 0 Å². The van der Waals surface area contributed by atoms with Crippen LogP contribution >= 0.6 is 11.6 Å². The zero-order valence-corrected chi connectivity index (χ0v) is 19.9. The maximum Gasteiger partial charge on any atom is 0.328 e. The molecule has 33 heavy (non-hydrogen) atoms. The van der Waals surface area contributed by atoms with Crippen molar-refractivity contribution in [3.63, 3.8) is 0 Å². The predicted octanol–water partition coefficient (Wildman–Crippen LogP) is 4.56. The molecule has 178 valence electrons. The number of carboxylic acids is 1. The summed E-state index contributed by atoms with van der Waals surface area (Å²) in [5, 5.41) is 11.9. The minimum absolute atomic E-state index is 0.342. The van der Waals surface area contributed by atoms with Gasteiger partial charge in [0.1, 0.15) is 0 Å². The number of rotatable bonds is 13. The summed E-state index contributed by atoms with van der Waals surface area (Å²) in [5.41, 5.74) is 5.85. The number of ether oxygens (including phenoxy) is 2. The lowest BCUT2D eigenvalue weighted by Gasteiger charge is -2.30. The predicted molar refractivity (Wildman–Crippen MR) is 133 cm³/mol. The molecule has 0 saturated heterocycles. The Morgan fingerprint density at radius 1 is 1.33 bits per heavy atom.